The van der Waals surface area contributed by atoms with Crippen molar-refractivity contribution in [2.24, 2.45) is 5.14 Å². The minimum Gasteiger partial charge on any atom is -0.229 e. The highest BCUT2D eigenvalue weighted by molar-refractivity contribution is 7.89. The molecule has 3 nitrogen and oxygen atoms in total. The molecule has 2 N–H and O–H groups in total. The number of benzene rings is 1. The van der Waals surface area contributed by atoms with Crippen LogP contribution >= 0.6 is 23.2 Å². The summed E-state index contributed by atoms with van der Waals surface area (Å²) in [6, 6.07) is 4.90. The molecule has 6 heteroatoms. The molecule has 1 rings (SSSR count). The predicted octanol–water partition coefficient (Wildman–Crippen LogP) is 1.82. The Bertz CT molecular complexity index is 431. The van der Waals surface area contributed by atoms with Crippen LogP contribution in [0.5, 0.6) is 0 Å². The van der Waals surface area contributed by atoms with Crippen LogP contribution in [0.4, 0.5) is 0 Å². The Morgan fingerprint density at radius 2 is 1.93 bits per heavy atom. The Kier molecular flexibility index (Phi) is 3.78. The molecule has 1 aromatic carbocycles. The first kappa shape index (κ1) is 11.8. The van der Waals surface area contributed by atoms with Gasteiger partial charge in [0.1, 0.15) is 0 Å². The van der Waals surface area contributed by atoms with E-state index < -0.39 is 10.0 Å². The van der Waals surface area contributed by atoms with Gasteiger partial charge in [-0.2, -0.15) is 0 Å². The van der Waals surface area contributed by atoms with E-state index in [0.717, 1.165) is 0 Å². The molecule has 0 saturated heterocycles. The maximum absolute atomic E-state index is 10.7. The van der Waals surface area contributed by atoms with Crippen LogP contribution in [-0.4, -0.2) is 14.2 Å². The molecule has 0 aliphatic carbocycles. The fourth-order valence-electron chi connectivity index (χ4n) is 0.987. The average molecular weight is 254 g/mol. The van der Waals surface area contributed by atoms with Gasteiger partial charge in [0, 0.05) is 10.0 Å². The van der Waals surface area contributed by atoms with Gasteiger partial charge in [0.05, 0.1) is 5.75 Å². The molecule has 0 bridgehead atoms. The maximum atomic E-state index is 10.7. The molecule has 0 heterocycles. The zero-order valence-electron chi connectivity index (χ0n) is 7.20. The summed E-state index contributed by atoms with van der Waals surface area (Å²) in [5.74, 6) is -0.132. The van der Waals surface area contributed by atoms with Gasteiger partial charge < -0.3 is 0 Å². The fourth-order valence-corrected chi connectivity index (χ4v) is 1.90. The standard InChI is InChI=1S/C8H9Cl2NO2S/c9-7-1-2-8(10)6(5-7)3-4-14(11,12)13/h1-2,5H,3-4H2,(H2,11,12,13). The summed E-state index contributed by atoms with van der Waals surface area (Å²) >= 11 is 11.6. The van der Waals surface area contributed by atoms with E-state index in [1.54, 1.807) is 18.2 Å². The second kappa shape index (κ2) is 4.49. The summed E-state index contributed by atoms with van der Waals surface area (Å²) < 4.78 is 21.4. The summed E-state index contributed by atoms with van der Waals surface area (Å²) in [7, 11) is -3.45. The molecule has 78 valence electrons. The molecule has 0 radical (unpaired) electrons. The Labute approximate surface area is 92.9 Å². The highest BCUT2D eigenvalue weighted by atomic mass is 35.5. The van der Waals surface area contributed by atoms with E-state index in [-0.39, 0.29) is 12.2 Å². The average Bonchev–Trinajstić information content (AvgIpc) is 2.05. The number of rotatable bonds is 3. The number of sulfonamides is 1. The van der Waals surface area contributed by atoms with E-state index in [4.69, 9.17) is 28.3 Å². The van der Waals surface area contributed by atoms with Crippen molar-refractivity contribution in [1.29, 1.82) is 0 Å². The Morgan fingerprint density at radius 1 is 1.29 bits per heavy atom. The lowest BCUT2D eigenvalue weighted by molar-refractivity contribution is 0.597. The van der Waals surface area contributed by atoms with Crippen LogP contribution < -0.4 is 5.14 Å². The molecular weight excluding hydrogens is 245 g/mol. The van der Waals surface area contributed by atoms with Crippen molar-refractivity contribution in [3.8, 4) is 0 Å². The van der Waals surface area contributed by atoms with E-state index in [1.165, 1.54) is 0 Å². The van der Waals surface area contributed by atoms with Crippen molar-refractivity contribution in [1.82, 2.24) is 0 Å². The molecule has 0 unspecified atom stereocenters. The van der Waals surface area contributed by atoms with Gasteiger partial charge in [-0.15, -0.1) is 0 Å². The molecule has 0 spiro atoms. The van der Waals surface area contributed by atoms with Crippen LogP contribution in [0.25, 0.3) is 0 Å². The van der Waals surface area contributed by atoms with Crippen molar-refractivity contribution in [3.63, 3.8) is 0 Å². The number of hydrogen-bond acceptors (Lipinski definition) is 2. The van der Waals surface area contributed by atoms with Crippen molar-refractivity contribution in [3.05, 3.63) is 33.8 Å². The van der Waals surface area contributed by atoms with E-state index >= 15 is 0 Å². The van der Waals surface area contributed by atoms with Crippen molar-refractivity contribution in [2.45, 2.75) is 6.42 Å². The van der Waals surface area contributed by atoms with Crippen LogP contribution in [0.3, 0.4) is 0 Å². The van der Waals surface area contributed by atoms with Gasteiger partial charge in [-0.05, 0) is 30.2 Å². The SMILES string of the molecule is NS(=O)(=O)CCc1cc(Cl)ccc1Cl. The zero-order valence-corrected chi connectivity index (χ0v) is 9.53. The molecule has 0 aliphatic rings. The highest BCUT2D eigenvalue weighted by Crippen LogP contribution is 2.21. The summed E-state index contributed by atoms with van der Waals surface area (Å²) in [5.41, 5.74) is 0.688. The van der Waals surface area contributed by atoms with E-state index in [0.29, 0.717) is 15.6 Å². The second-order valence-corrected chi connectivity index (χ2v) is 5.43. The number of primary sulfonamides is 1. The Balaban J connectivity index is 2.81. The third-order valence-corrected chi connectivity index (χ3v) is 3.04. The molecule has 1 aromatic rings. The third-order valence-electron chi connectivity index (χ3n) is 1.66. The van der Waals surface area contributed by atoms with Gasteiger partial charge >= 0.3 is 0 Å². The second-order valence-electron chi connectivity index (χ2n) is 2.85. The van der Waals surface area contributed by atoms with Crippen molar-refractivity contribution in [2.75, 3.05) is 5.75 Å². The maximum Gasteiger partial charge on any atom is 0.209 e. The summed E-state index contributed by atoms with van der Waals surface area (Å²) in [4.78, 5) is 0. The van der Waals surface area contributed by atoms with Crippen LogP contribution in [0.2, 0.25) is 10.0 Å². The molecule has 0 saturated carbocycles. The highest BCUT2D eigenvalue weighted by Gasteiger charge is 2.06. The molecule has 0 atom stereocenters. The van der Waals surface area contributed by atoms with Gasteiger partial charge in [0.25, 0.3) is 0 Å². The van der Waals surface area contributed by atoms with E-state index in [9.17, 15) is 8.42 Å². The van der Waals surface area contributed by atoms with E-state index in [2.05, 4.69) is 0 Å². The van der Waals surface area contributed by atoms with Crippen LogP contribution in [-0.2, 0) is 16.4 Å². The minimum absolute atomic E-state index is 0.132. The van der Waals surface area contributed by atoms with Crippen LogP contribution in [0, 0.1) is 0 Å². The predicted molar refractivity (Wildman–Crippen MR) is 58.1 cm³/mol. The van der Waals surface area contributed by atoms with Gasteiger partial charge in [0.2, 0.25) is 10.0 Å². The lowest BCUT2D eigenvalue weighted by atomic mass is 10.2. The normalized spacial score (nSPS) is 11.6. The monoisotopic (exact) mass is 253 g/mol. The lowest BCUT2D eigenvalue weighted by Gasteiger charge is -2.03. The number of nitrogens with two attached hydrogens (primary N) is 1. The lowest BCUT2D eigenvalue weighted by Crippen LogP contribution is -2.18. The van der Waals surface area contributed by atoms with Crippen LogP contribution in [0.1, 0.15) is 5.56 Å². The Morgan fingerprint density at radius 3 is 2.50 bits per heavy atom. The molecular formula is C8H9Cl2NO2S. The number of hydrogen-bond donors (Lipinski definition) is 1. The van der Waals surface area contributed by atoms with Gasteiger partial charge in [0.15, 0.2) is 0 Å². The first-order chi connectivity index (χ1) is 6.38. The molecule has 0 aromatic heterocycles. The quantitative estimate of drug-likeness (QED) is 0.894. The smallest absolute Gasteiger partial charge is 0.209 e. The summed E-state index contributed by atoms with van der Waals surface area (Å²) in [6.45, 7) is 0. The number of halogens is 2. The minimum atomic E-state index is -3.45. The van der Waals surface area contributed by atoms with Gasteiger partial charge in [-0.3, -0.25) is 0 Å². The van der Waals surface area contributed by atoms with Crippen LogP contribution in [0.15, 0.2) is 18.2 Å². The summed E-state index contributed by atoms with van der Waals surface area (Å²) in [5, 5.41) is 5.89. The van der Waals surface area contributed by atoms with E-state index in [1.807, 2.05) is 0 Å². The largest absolute Gasteiger partial charge is 0.229 e. The van der Waals surface area contributed by atoms with Gasteiger partial charge in [-0.25, -0.2) is 13.6 Å². The topological polar surface area (TPSA) is 60.2 Å². The fraction of sp³-hybridized carbons (Fsp3) is 0.250. The molecule has 14 heavy (non-hydrogen) atoms. The summed E-state index contributed by atoms with van der Waals surface area (Å²) in [6.07, 6.45) is 0.276. The molecule has 0 aliphatic heterocycles. The molecule has 0 amide bonds. The third kappa shape index (κ3) is 3.84. The van der Waals surface area contributed by atoms with Gasteiger partial charge in [-0.1, -0.05) is 23.2 Å². The first-order valence-electron chi connectivity index (χ1n) is 3.83. The molecule has 0 fully saturated rings. The number of aryl methyl sites for hydroxylation is 1. The van der Waals surface area contributed by atoms with Crippen molar-refractivity contribution < 1.29 is 8.42 Å². The zero-order chi connectivity index (χ0) is 10.8. The first-order valence-corrected chi connectivity index (χ1v) is 6.30. The Hall–Kier alpha value is -0.290. The van der Waals surface area contributed by atoms with Crippen molar-refractivity contribution >= 4 is 33.2 Å².